The molecule has 2 aliphatic heterocycles. The van der Waals surface area contributed by atoms with Crippen LogP contribution in [0.5, 0.6) is 0 Å². The SMILES string of the molecule is CCN1CC2CN(C(=O)c3cc(F)ncc3F)CC(C1)O2. The molecule has 3 rings (SSSR count). The number of likely N-dealkylation sites (N-methyl/N-ethyl adjacent to an activating group) is 1. The molecule has 1 amide bonds. The Hall–Kier alpha value is -1.60. The third-order valence-electron chi connectivity index (χ3n) is 3.94. The lowest BCUT2D eigenvalue weighted by molar-refractivity contribution is -0.129. The van der Waals surface area contributed by atoms with Crippen LogP contribution < -0.4 is 0 Å². The Kier molecular flexibility index (Phi) is 3.86. The summed E-state index contributed by atoms with van der Waals surface area (Å²) in [5.41, 5.74) is -0.269. The van der Waals surface area contributed by atoms with E-state index in [0.717, 1.165) is 31.9 Å². The Morgan fingerprint density at radius 1 is 1.33 bits per heavy atom. The third-order valence-corrected chi connectivity index (χ3v) is 3.94. The molecule has 2 fully saturated rings. The van der Waals surface area contributed by atoms with E-state index in [1.54, 1.807) is 4.90 Å². The Balaban J connectivity index is 1.76. The van der Waals surface area contributed by atoms with Crippen molar-refractivity contribution in [2.75, 3.05) is 32.7 Å². The summed E-state index contributed by atoms with van der Waals surface area (Å²) >= 11 is 0. The molecule has 21 heavy (non-hydrogen) atoms. The molecule has 2 bridgehead atoms. The molecule has 0 saturated carbocycles. The van der Waals surface area contributed by atoms with Gasteiger partial charge in [-0.25, -0.2) is 9.37 Å². The number of ether oxygens (including phenoxy) is 1. The van der Waals surface area contributed by atoms with Gasteiger partial charge in [-0.1, -0.05) is 6.92 Å². The van der Waals surface area contributed by atoms with Crippen LogP contribution in [0.2, 0.25) is 0 Å². The topological polar surface area (TPSA) is 45.7 Å². The zero-order chi connectivity index (χ0) is 15.0. The Labute approximate surface area is 121 Å². The molecule has 3 heterocycles. The lowest BCUT2D eigenvalue weighted by Gasteiger charge is -2.45. The lowest BCUT2D eigenvalue weighted by atomic mass is 10.1. The number of aromatic nitrogens is 1. The standard InChI is InChI=1S/C14H17F2N3O2/c1-2-18-5-9-7-19(8-10(6-18)21-9)14(20)11-3-13(16)17-4-12(11)15/h3-4,9-10H,2,5-8H2,1H3. The van der Waals surface area contributed by atoms with Gasteiger partial charge in [0.25, 0.3) is 5.91 Å². The molecule has 0 N–H and O–H groups in total. The molecule has 5 nitrogen and oxygen atoms in total. The molecule has 7 heteroatoms. The summed E-state index contributed by atoms with van der Waals surface area (Å²) in [6.45, 7) is 5.33. The second-order valence-corrected chi connectivity index (χ2v) is 5.43. The summed E-state index contributed by atoms with van der Waals surface area (Å²) in [6.07, 6.45) is 0.593. The zero-order valence-corrected chi connectivity index (χ0v) is 11.8. The molecular weight excluding hydrogens is 280 g/mol. The van der Waals surface area contributed by atoms with Crippen molar-refractivity contribution in [2.24, 2.45) is 0 Å². The quantitative estimate of drug-likeness (QED) is 0.761. The van der Waals surface area contributed by atoms with Crippen molar-refractivity contribution in [3.63, 3.8) is 0 Å². The highest BCUT2D eigenvalue weighted by molar-refractivity contribution is 5.94. The van der Waals surface area contributed by atoms with Crippen molar-refractivity contribution >= 4 is 5.91 Å². The number of halogens is 2. The van der Waals surface area contributed by atoms with Crippen LogP contribution in [-0.2, 0) is 4.74 Å². The Bertz CT molecular complexity index is 541. The first-order valence-electron chi connectivity index (χ1n) is 7.05. The first-order chi connectivity index (χ1) is 10.1. The van der Waals surface area contributed by atoms with Crippen molar-refractivity contribution in [3.05, 3.63) is 29.6 Å². The van der Waals surface area contributed by atoms with Crippen LogP contribution in [0.4, 0.5) is 8.78 Å². The van der Waals surface area contributed by atoms with Gasteiger partial charge in [0, 0.05) is 32.2 Å². The number of carbonyl (C=O) groups excluding carboxylic acids is 1. The molecule has 0 aromatic carbocycles. The fraction of sp³-hybridized carbons (Fsp3) is 0.571. The van der Waals surface area contributed by atoms with Gasteiger partial charge in [0.1, 0.15) is 0 Å². The maximum atomic E-state index is 13.7. The van der Waals surface area contributed by atoms with Gasteiger partial charge < -0.3 is 9.64 Å². The number of nitrogens with zero attached hydrogens (tertiary/aromatic N) is 3. The smallest absolute Gasteiger partial charge is 0.257 e. The van der Waals surface area contributed by atoms with Crippen molar-refractivity contribution in [3.8, 4) is 0 Å². The Morgan fingerprint density at radius 3 is 2.62 bits per heavy atom. The van der Waals surface area contributed by atoms with E-state index in [4.69, 9.17) is 4.74 Å². The number of morpholine rings is 2. The van der Waals surface area contributed by atoms with Crippen LogP contribution in [-0.4, -0.2) is 65.6 Å². The predicted molar refractivity (Wildman–Crippen MR) is 70.8 cm³/mol. The summed E-state index contributed by atoms with van der Waals surface area (Å²) in [6, 6.07) is 0.848. The molecule has 2 aliphatic rings. The minimum Gasteiger partial charge on any atom is -0.369 e. The summed E-state index contributed by atoms with van der Waals surface area (Å²) < 4.78 is 32.6. The number of amides is 1. The highest BCUT2D eigenvalue weighted by Crippen LogP contribution is 2.21. The highest BCUT2D eigenvalue weighted by Gasteiger charge is 2.37. The molecule has 2 saturated heterocycles. The number of fused-ring (bicyclic) bond motifs is 2. The minimum atomic E-state index is -0.856. The first kappa shape index (κ1) is 14.3. The van der Waals surface area contributed by atoms with Crippen LogP contribution in [0.3, 0.4) is 0 Å². The molecule has 0 aliphatic carbocycles. The van der Waals surface area contributed by atoms with Crippen molar-refractivity contribution < 1.29 is 18.3 Å². The number of hydrogen-bond donors (Lipinski definition) is 0. The summed E-state index contributed by atoms with van der Waals surface area (Å²) in [4.78, 5) is 19.4. The molecule has 114 valence electrons. The lowest BCUT2D eigenvalue weighted by Crippen LogP contribution is -2.60. The van der Waals surface area contributed by atoms with E-state index >= 15 is 0 Å². The first-order valence-corrected chi connectivity index (χ1v) is 7.05. The summed E-state index contributed by atoms with van der Waals surface area (Å²) in [7, 11) is 0. The molecule has 2 atom stereocenters. The fourth-order valence-electron chi connectivity index (χ4n) is 2.95. The van der Waals surface area contributed by atoms with E-state index in [-0.39, 0.29) is 17.8 Å². The average molecular weight is 297 g/mol. The van der Waals surface area contributed by atoms with Crippen LogP contribution in [0.15, 0.2) is 12.3 Å². The zero-order valence-electron chi connectivity index (χ0n) is 11.8. The van der Waals surface area contributed by atoms with Gasteiger partial charge in [-0.3, -0.25) is 9.69 Å². The van der Waals surface area contributed by atoms with E-state index in [1.807, 2.05) is 0 Å². The monoisotopic (exact) mass is 297 g/mol. The molecule has 1 aromatic rings. The fourth-order valence-corrected chi connectivity index (χ4v) is 2.95. The summed E-state index contributed by atoms with van der Waals surface area (Å²) in [5, 5.41) is 0. The predicted octanol–water partition coefficient (Wildman–Crippen LogP) is 0.905. The van der Waals surface area contributed by atoms with Crippen LogP contribution in [0, 0.1) is 11.8 Å². The van der Waals surface area contributed by atoms with Crippen LogP contribution >= 0.6 is 0 Å². The van der Waals surface area contributed by atoms with Crippen LogP contribution in [0.25, 0.3) is 0 Å². The Morgan fingerprint density at radius 2 is 2.00 bits per heavy atom. The van der Waals surface area contributed by atoms with Gasteiger partial charge in [0.05, 0.1) is 24.0 Å². The van der Waals surface area contributed by atoms with E-state index in [1.165, 1.54) is 0 Å². The molecule has 0 spiro atoms. The maximum absolute atomic E-state index is 13.7. The average Bonchev–Trinajstić information content (AvgIpc) is 2.47. The van der Waals surface area contributed by atoms with Crippen LogP contribution in [0.1, 0.15) is 17.3 Å². The second-order valence-electron chi connectivity index (χ2n) is 5.43. The van der Waals surface area contributed by atoms with Gasteiger partial charge in [-0.2, -0.15) is 4.39 Å². The van der Waals surface area contributed by atoms with Gasteiger partial charge in [-0.15, -0.1) is 0 Å². The minimum absolute atomic E-state index is 0.0730. The normalized spacial score (nSPS) is 26.0. The van der Waals surface area contributed by atoms with E-state index in [0.29, 0.717) is 13.1 Å². The molecule has 2 unspecified atom stereocenters. The van der Waals surface area contributed by atoms with E-state index < -0.39 is 17.7 Å². The summed E-state index contributed by atoms with van der Waals surface area (Å²) in [5.74, 6) is -2.16. The van der Waals surface area contributed by atoms with Crippen molar-refractivity contribution in [1.29, 1.82) is 0 Å². The second kappa shape index (κ2) is 5.65. The maximum Gasteiger partial charge on any atom is 0.257 e. The van der Waals surface area contributed by atoms with E-state index in [9.17, 15) is 13.6 Å². The molecule has 1 aromatic heterocycles. The van der Waals surface area contributed by atoms with Crippen molar-refractivity contribution in [2.45, 2.75) is 19.1 Å². The largest absolute Gasteiger partial charge is 0.369 e. The number of carbonyl (C=O) groups is 1. The van der Waals surface area contributed by atoms with Crippen molar-refractivity contribution in [1.82, 2.24) is 14.8 Å². The van der Waals surface area contributed by atoms with Gasteiger partial charge in [0.2, 0.25) is 5.95 Å². The van der Waals surface area contributed by atoms with Gasteiger partial charge >= 0.3 is 0 Å². The molecule has 0 radical (unpaired) electrons. The number of pyridine rings is 1. The number of rotatable bonds is 2. The van der Waals surface area contributed by atoms with E-state index in [2.05, 4.69) is 16.8 Å². The molecular formula is C14H17F2N3O2. The number of hydrogen-bond acceptors (Lipinski definition) is 4. The van der Waals surface area contributed by atoms with Gasteiger partial charge in [0.15, 0.2) is 5.82 Å². The van der Waals surface area contributed by atoms with Gasteiger partial charge in [-0.05, 0) is 6.54 Å². The third kappa shape index (κ3) is 2.89. The highest BCUT2D eigenvalue weighted by atomic mass is 19.1.